The molecule has 1 amide bonds. The maximum absolute atomic E-state index is 13.0. The zero-order valence-corrected chi connectivity index (χ0v) is 17.1. The van der Waals surface area contributed by atoms with Gasteiger partial charge < -0.3 is 18.7 Å². The number of aryl methyl sites for hydroxylation is 1. The second-order valence-corrected chi connectivity index (χ2v) is 7.28. The summed E-state index contributed by atoms with van der Waals surface area (Å²) in [7, 11) is 1.90. The van der Waals surface area contributed by atoms with E-state index in [1.165, 1.54) is 0 Å². The predicted molar refractivity (Wildman–Crippen MR) is 111 cm³/mol. The molecule has 8 heteroatoms. The number of pyridine rings is 1. The lowest BCUT2D eigenvalue weighted by atomic mass is 10.2. The molecular formula is C22H23N5O3. The molecule has 0 N–H and O–H groups in total. The highest BCUT2D eigenvalue weighted by atomic mass is 16.5. The molecule has 0 saturated heterocycles. The third kappa shape index (κ3) is 4.03. The Morgan fingerprint density at radius 2 is 2.03 bits per heavy atom. The SMILES string of the molecule is CC(C)N(Cc1nccn1C)C(=O)c1cc(COc2cccc3cccnc23)on1. The van der Waals surface area contributed by atoms with Gasteiger partial charge in [0.05, 0.1) is 6.54 Å². The zero-order chi connectivity index (χ0) is 21.1. The maximum Gasteiger partial charge on any atom is 0.276 e. The monoisotopic (exact) mass is 405 g/mol. The molecule has 8 nitrogen and oxygen atoms in total. The molecule has 0 saturated carbocycles. The van der Waals surface area contributed by atoms with Crippen LogP contribution in [0.1, 0.15) is 35.9 Å². The van der Waals surface area contributed by atoms with Crippen LogP contribution in [0.3, 0.4) is 0 Å². The van der Waals surface area contributed by atoms with E-state index in [-0.39, 0.29) is 24.2 Å². The molecule has 1 aromatic carbocycles. The van der Waals surface area contributed by atoms with E-state index in [2.05, 4.69) is 15.1 Å². The molecule has 30 heavy (non-hydrogen) atoms. The highest BCUT2D eigenvalue weighted by Gasteiger charge is 2.24. The number of carbonyl (C=O) groups excluding carboxylic acids is 1. The number of nitrogens with zero attached hydrogens (tertiary/aromatic N) is 5. The lowest BCUT2D eigenvalue weighted by Gasteiger charge is -2.25. The molecule has 0 radical (unpaired) electrons. The summed E-state index contributed by atoms with van der Waals surface area (Å²) >= 11 is 0. The molecule has 0 fully saturated rings. The van der Waals surface area contributed by atoms with Gasteiger partial charge in [-0.25, -0.2) is 4.98 Å². The van der Waals surface area contributed by atoms with E-state index >= 15 is 0 Å². The average Bonchev–Trinajstić information content (AvgIpc) is 3.38. The maximum atomic E-state index is 13.0. The molecule has 0 aliphatic rings. The van der Waals surface area contributed by atoms with Gasteiger partial charge in [-0.15, -0.1) is 0 Å². The highest BCUT2D eigenvalue weighted by molar-refractivity contribution is 5.92. The van der Waals surface area contributed by atoms with Crippen LogP contribution in [0.5, 0.6) is 5.75 Å². The van der Waals surface area contributed by atoms with Crippen LogP contribution in [0, 0.1) is 0 Å². The number of para-hydroxylation sites is 1. The number of fused-ring (bicyclic) bond motifs is 1. The van der Waals surface area contributed by atoms with Crippen molar-refractivity contribution in [1.29, 1.82) is 0 Å². The van der Waals surface area contributed by atoms with Crippen molar-refractivity contribution in [1.82, 2.24) is 24.6 Å². The summed E-state index contributed by atoms with van der Waals surface area (Å²) in [5.41, 5.74) is 1.02. The van der Waals surface area contributed by atoms with Crippen molar-refractivity contribution < 1.29 is 14.1 Å². The van der Waals surface area contributed by atoms with E-state index in [0.717, 1.165) is 16.7 Å². The van der Waals surface area contributed by atoms with Crippen LogP contribution in [0.2, 0.25) is 0 Å². The Hall–Kier alpha value is -3.68. The first-order chi connectivity index (χ1) is 14.5. The number of carbonyl (C=O) groups is 1. The quantitative estimate of drug-likeness (QED) is 0.467. The minimum absolute atomic E-state index is 0.0210. The molecule has 0 atom stereocenters. The van der Waals surface area contributed by atoms with E-state index in [1.54, 1.807) is 23.4 Å². The third-order valence-corrected chi connectivity index (χ3v) is 4.86. The fourth-order valence-corrected chi connectivity index (χ4v) is 3.16. The molecular weight excluding hydrogens is 382 g/mol. The largest absolute Gasteiger partial charge is 0.483 e. The molecule has 0 aliphatic carbocycles. The Labute approximate surface area is 174 Å². The van der Waals surface area contributed by atoms with E-state index in [0.29, 0.717) is 18.1 Å². The number of amides is 1. The van der Waals surface area contributed by atoms with Crippen LogP contribution in [0.4, 0.5) is 0 Å². The Kier molecular flexibility index (Phi) is 5.47. The van der Waals surface area contributed by atoms with Gasteiger partial charge in [0.2, 0.25) is 0 Å². The molecule has 4 aromatic rings. The highest BCUT2D eigenvalue weighted by Crippen LogP contribution is 2.24. The predicted octanol–water partition coefficient (Wildman–Crippen LogP) is 3.59. The van der Waals surface area contributed by atoms with Crippen LogP contribution >= 0.6 is 0 Å². The first kappa shape index (κ1) is 19.6. The summed E-state index contributed by atoms with van der Waals surface area (Å²) in [6, 6.07) is 11.2. The number of aromatic nitrogens is 4. The minimum atomic E-state index is -0.213. The third-order valence-electron chi connectivity index (χ3n) is 4.86. The van der Waals surface area contributed by atoms with E-state index in [4.69, 9.17) is 9.26 Å². The van der Waals surface area contributed by atoms with Gasteiger partial charge in [0.1, 0.15) is 23.7 Å². The van der Waals surface area contributed by atoms with Crippen LogP contribution < -0.4 is 4.74 Å². The number of hydrogen-bond donors (Lipinski definition) is 0. The van der Waals surface area contributed by atoms with Crippen molar-refractivity contribution in [3.63, 3.8) is 0 Å². The van der Waals surface area contributed by atoms with Gasteiger partial charge in [-0.3, -0.25) is 9.78 Å². The average molecular weight is 405 g/mol. The lowest BCUT2D eigenvalue weighted by Crippen LogP contribution is -2.37. The van der Waals surface area contributed by atoms with Crippen molar-refractivity contribution in [2.75, 3.05) is 0 Å². The zero-order valence-electron chi connectivity index (χ0n) is 17.1. The molecule has 0 spiro atoms. The number of ether oxygens (including phenoxy) is 1. The first-order valence-corrected chi connectivity index (χ1v) is 9.72. The summed E-state index contributed by atoms with van der Waals surface area (Å²) in [6.07, 6.45) is 5.29. The van der Waals surface area contributed by atoms with E-state index in [1.807, 2.05) is 62.0 Å². The number of benzene rings is 1. The van der Waals surface area contributed by atoms with Gasteiger partial charge in [0.25, 0.3) is 5.91 Å². The van der Waals surface area contributed by atoms with Crippen LogP contribution in [0.15, 0.2) is 59.5 Å². The minimum Gasteiger partial charge on any atom is -0.483 e. The van der Waals surface area contributed by atoms with E-state index in [9.17, 15) is 4.79 Å². The molecule has 0 unspecified atom stereocenters. The van der Waals surface area contributed by atoms with Crippen LogP contribution in [-0.4, -0.2) is 36.5 Å². The molecule has 4 rings (SSSR count). The van der Waals surface area contributed by atoms with E-state index < -0.39 is 0 Å². The Morgan fingerprint density at radius 1 is 1.20 bits per heavy atom. The summed E-state index contributed by atoms with van der Waals surface area (Å²) in [4.78, 5) is 23.4. The smallest absolute Gasteiger partial charge is 0.276 e. The Morgan fingerprint density at radius 3 is 2.80 bits per heavy atom. The van der Waals surface area contributed by atoms with Crippen molar-refractivity contribution in [3.05, 3.63) is 72.3 Å². The summed E-state index contributed by atoms with van der Waals surface area (Å²) < 4.78 is 13.1. The second kappa shape index (κ2) is 8.36. The fraction of sp³-hybridized carbons (Fsp3) is 0.273. The molecule has 3 aromatic heterocycles. The van der Waals surface area contributed by atoms with Gasteiger partial charge in [-0.05, 0) is 26.0 Å². The number of imidazole rings is 1. The van der Waals surface area contributed by atoms with Gasteiger partial charge in [-0.2, -0.15) is 0 Å². The van der Waals surface area contributed by atoms with Gasteiger partial charge in [0.15, 0.2) is 11.5 Å². The Bertz CT molecular complexity index is 1160. The Balaban J connectivity index is 1.47. The van der Waals surface area contributed by atoms with Crippen LogP contribution in [-0.2, 0) is 20.2 Å². The normalized spacial score (nSPS) is 11.2. The second-order valence-electron chi connectivity index (χ2n) is 7.28. The fourth-order valence-electron chi connectivity index (χ4n) is 3.16. The lowest BCUT2D eigenvalue weighted by molar-refractivity contribution is 0.0672. The van der Waals surface area contributed by atoms with Gasteiger partial charge >= 0.3 is 0 Å². The van der Waals surface area contributed by atoms with Crippen molar-refractivity contribution >= 4 is 16.8 Å². The van der Waals surface area contributed by atoms with Crippen molar-refractivity contribution in [2.24, 2.45) is 7.05 Å². The molecule has 154 valence electrons. The first-order valence-electron chi connectivity index (χ1n) is 9.72. The summed E-state index contributed by atoms with van der Waals surface area (Å²) in [5, 5.41) is 4.95. The summed E-state index contributed by atoms with van der Waals surface area (Å²) in [5.74, 6) is 1.70. The molecule has 0 bridgehead atoms. The van der Waals surface area contributed by atoms with Crippen molar-refractivity contribution in [2.45, 2.75) is 33.0 Å². The van der Waals surface area contributed by atoms with Crippen LogP contribution in [0.25, 0.3) is 10.9 Å². The standard InChI is InChI=1S/C22H23N5O3/c1-15(2)27(13-20-23-10-11-26(20)3)22(28)18-12-17(30-25-18)14-29-19-8-4-6-16-7-5-9-24-21(16)19/h4-12,15H,13-14H2,1-3H3. The molecule has 3 heterocycles. The number of hydrogen-bond acceptors (Lipinski definition) is 6. The topological polar surface area (TPSA) is 86.3 Å². The molecule has 0 aliphatic heterocycles. The van der Waals surface area contributed by atoms with Crippen molar-refractivity contribution in [3.8, 4) is 5.75 Å². The van der Waals surface area contributed by atoms with Gasteiger partial charge in [0, 0.05) is 43.1 Å². The van der Waals surface area contributed by atoms with Gasteiger partial charge in [-0.1, -0.05) is 23.4 Å². The summed E-state index contributed by atoms with van der Waals surface area (Å²) in [6.45, 7) is 4.45. The number of rotatable bonds is 7.